The molecule has 1 saturated heterocycles. The van der Waals surface area contributed by atoms with Crippen LogP contribution in [0.2, 0.25) is 0 Å². The molecule has 1 unspecified atom stereocenters. The Hall–Kier alpha value is -6.10. The van der Waals surface area contributed by atoms with Crippen LogP contribution in [0.3, 0.4) is 0 Å². The van der Waals surface area contributed by atoms with E-state index < -0.39 is 17.7 Å². The van der Waals surface area contributed by atoms with Gasteiger partial charge >= 0.3 is 12.1 Å². The second-order valence-corrected chi connectivity index (χ2v) is 12.8. The molecule has 7 rings (SSSR count). The number of alkyl halides is 3. The molecule has 11 heteroatoms. The number of H-pyrrole nitrogens is 1. The van der Waals surface area contributed by atoms with Crippen LogP contribution in [0.5, 0.6) is 11.6 Å². The lowest BCUT2D eigenvalue weighted by Gasteiger charge is -2.44. The number of aryl methyl sites for hydroxylation is 1. The largest absolute Gasteiger partial charge is 0.478 e. The van der Waals surface area contributed by atoms with Crippen LogP contribution in [0.4, 0.5) is 24.5 Å². The maximum absolute atomic E-state index is 13.3. The second-order valence-electron chi connectivity index (χ2n) is 12.8. The lowest BCUT2D eigenvalue weighted by molar-refractivity contribution is -0.137. The second kappa shape index (κ2) is 13.9. The molecule has 1 fully saturated rings. The Morgan fingerprint density at radius 3 is 2.35 bits per heavy atom. The number of aromatic nitrogens is 2. The number of benzene rings is 4. The van der Waals surface area contributed by atoms with Crippen LogP contribution in [0.15, 0.2) is 109 Å². The number of para-hydroxylation sites is 1. The van der Waals surface area contributed by atoms with Crippen LogP contribution < -0.4 is 14.5 Å². The van der Waals surface area contributed by atoms with Gasteiger partial charge in [0.15, 0.2) is 0 Å². The molecule has 0 aliphatic carbocycles. The quantitative estimate of drug-likeness (QED) is 0.156. The van der Waals surface area contributed by atoms with Crippen molar-refractivity contribution in [1.82, 2.24) is 9.97 Å². The lowest BCUT2D eigenvalue weighted by Crippen LogP contribution is -2.56. The molecule has 2 N–H and O–H groups in total. The third-order valence-corrected chi connectivity index (χ3v) is 9.46. The number of amides is 1. The van der Waals surface area contributed by atoms with Gasteiger partial charge in [-0.15, -0.1) is 0 Å². The van der Waals surface area contributed by atoms with Gasteiger partial charge in [0.25, 0.3) is 0 Å². The summed E-state index contributed by atoms with van der Waals surface area (Å²) in [7, 11) is 0. The Labute approximate surface area is 298 Å². The van der Waals surface area contributed by atoms with Gasteiger partial charge in [-0.05, 0) is 96.8 Å². The molecule has 3 heterocycles. The van der Waals surface area contributed by atoms with E-state index in [1.54, 1.807) is 41.4 Å². The molecule has 0 bridgehead atoms. The number of aromatic amines is 1. The Morgan fingerprint density at radius 1 is 0.962 bits per heavy atom. The summed E-state index contributed by atoms with van der Waals surface area (Å²) < 4.78 is 45.7. The highest BCUT2D eigenvalue weighted by Crippen LogP contribution is 2.36. The van der Waals surface area contributed by atoms with E-state index in [0.29, 0.717) is 37.4 Å². The Kier molecular flexibility index (Phi) is 9.18. The third-order valence-electron chi connectivity index (χ3n) is 9.46. The monoisotopic (exact) mass is 704 g/mol. The van der Waals surface area contributed by atoms with Gasteiger partial charge in [-0.2, -0.15) is 13.2 Å². The summed E-state index contributed by atoms with van der Waals surface area (Å²) in [5, 5.41) is 10.3. The summed E-state index contributed by atoms with van der Waals surface area (Å²) in [5.74, 6) is -0.0333. The van der Waals surface area contributed by atoms with E-state index in [4.69, 9.17) is 4.74 Å². The Bertz CT molecular complexity index is 2250. The van der Waals surface area contributed by atoms with Crippen molar-refractivity contribution in [3.8, 4) is 22.9 Å². The summed E-state index contributed by atoms with van der Waals surface area (Å²) >= 11 is 0. The van der Waals surface area contributed by atoms with Gasteiger partial charge in [0.05, 0.1) is 16.8 Å². The zero-order valence-electron chi connectivity index (χ0n) is 28.4. The molecule has 1 aliphatic rings. The fourth-order valence-corrected chi connectivity index (χ4v) is 6.85. The predicted octanol–water partition coefficient (Wildman–Crippen LogP) is 9.62. The summed E-state index contributed by atoms with van der Waals surface area (Å²) in [6.45, 7) is 4.45. The van der Waals surface area contributed by atoms with E-state index in [2.05, 4.69) is 14.9 Å². The topological polar surface area (TPSA) is 98.8 Å². The molecule has 4 aromatic carbocycles. The van der Waals surface area contributed by atoms with E-state index >= 15 is 0 Å². The van der Waals surface area contributed by atoms with Crippen LogP contribution in [0.25, 0.3) is 22.2 Å². The van der Waals surface area contributed by atoms with E-state index in [1.807, 2.05) is 62.4 Å². The molecule has 1 amide bonds. The third kappa shape index (κ3) is 6.81. The number of carbonyl (C=O) groups excluding carboxylic acids is 1. The zero-order valence-corrected chi connectivity index (χ0v) is 28.4. The van der Waals surface area contributed by atoms with Crippen LogP contribution >= 0.6 is 0 Å². The summed E-state index contributed by atoms with van der Waals surface area (Å²) in [6, 6.07) is 29.0. The predicted molar refractivity (Wildman–Crippen MR) is 194 cm³/mol. The number of ether oxygens (including phenoxy) is 1. The molecule has 0 radical (unpaired) electrons. The highest BCUT2D eigenvalue weighted by atomic mass is 19.4. The molecule has 264 valence electrons. The highest BCUT2D eigenvalue weighted by molar-refractivity contribution is 5.96. The zero-order chi connectivity index (χ0) is 36.6. The fourth-order valence-electron chi connectivity index (χ4n) is 6.85. The first-order chi connectivity index (χ1) is 25.0. The number of aromatic carboxylic acids is 1. The normalized spacial score (nSPS) is 14.9. The molecular formula is C41H35F3N4O4. The molecule has 6 aromatic rings. The number of pyridine rings is 1. The van der Waals surface area contributed by atoms with Crippen LogP contribution in [-0.4, -0.2) is 39.7 Å². The van der Waals surface area contributed by atoms with Crippen molar-refractivity contribution >= 4 is 34.2 Å². The molecule has 1 aliphatic heterocycles. The Morgan fingerprint density at radius 2 is 1.69 bits per heavy atom. The minimum Gasteiger partial charge on any atom is -0.478 e. The smallest absolute Gasteiger partial charge is 0.416 e. The van der Waals surface area contributed by atoms with Gasteiger partial charge in [-0.3, -0.25) is 9.69 Å². The van der Waals surface area contributed by atoms with Crippen LogP contribution in [0, 0.1) is 6.92 Å². The molecule has 52 heavy (non-hydrogen) atoms. The van der Waals surface area contributed by atoms with Gasteiger partial charge in [0.1, 0.15) is 11.9 Å². The maximum atomic E-state index is 13.3. The number of anilines is 2. The van der Waals surface area contributed by atoms with Crippen molar-refractivity contribution in [3.63, 3.8) is 0 Å². The van der Waals surface area contributed by atoms with Crippen molar-refractivity contribution in [2.75, 3.05) is 16.3 Å². The number of hydrogen-bond donors (Lipinski definition) is 2. The average Bonchev–Trinajstić information content (AvgIpc) is 3.50. The van der Waals surface area contributed by atoms with E-state index in [9.17, 15) is 27.9 Å². The van der Waals surface area contributed by atoms with Crippen molar-refractivity contribution in [2.45, 2.75) is 45.5 Å². The number of carboxylic acid groups (broad SMARTS) is 1. The van der Waals surface area contributed by atoms with E-state index in [1.165, 1.54) is 12.1 Å². The molecule has 2 aromatic heterocycles. The van der Waals surface area contributed by atoms with Gasteiger partial charge in [0.2, 0.25) is 11.8 Å². The number of hydrogen-bond acceptors (Lipinski definition) is 5. The first-order valence-corrected chi connectivity index (χ1v) is 16.9. The van der Waals surface area contributed by atoms with Crippen LogP contribution in [-0.2, 0) is 17.4 Å². The molecule has 0 spiro atoms. The molecular weight excluding hydrogens is 669 g/mol. The summed E-state index contributed by atoms with van der Waals surface area (Å²) in [5.41, 5.74) is 6.15. The number of fused-ring (bicyclic) bond motifs is 1. The summed E-state index contributed by atoms with van der Waals surface area (Å²) in [4.78, 5) is 36.6. The number of rotatable bonds is 9. The standard InChI is InChI=1S/C41H35F3N4O4/c1-3-37-47(30-15-10-27(11-16-30)40(50)51)21-20-38(49)48(37)31-17-18-35(25(2)22-31)52-36-19-12-28(24-45-36)39-33(32-6-4-5-7-34(32)46-39)23-26-8-13-29(14-9-26)41(42,43)44/h4-19,22,24,37,46H,3,20-21,23H2,1-2H3,(H,50,51). The Balaban J connectivity index is 1.10. The minimum atomic E-state index is -4.40. The van der Waals surface area contributed by atoms with E-state index in [0.717, 1.165) is 62.4 Å². The van der Waals surface area contributed by atoms with Gasteiger partial charge in [-0.1, -0.05) is 37.3 Å². The number of nitrogens with one attached hydrogen (secondary N) is 1. The van der Waals surface area contributed by atoms with Gasteiger partial charge in [0, 0.05) is 59.5 Å². The van der Waals surface area contributed by atoms with Crippen molar-refractivity contribution in [3.05, 3.63) is 137 Å². The SMILES string of the molecule is CCC1N(c2ccc(C(=O)O)cc2)CCC(=O)N1c1ccc(Oc2ccc(-c3[nH]c4ccccc4c3Cc3ccc(C(F)(F)F)cc3)cn2)c(C)c1. The molecule has 0 saturated carbocycles. The average molecular weight is 705 g/mol. The highest BCUT2D eigenvalue weighted by Gasteiger charge is 2.34. The van der Waals surface area contributed by atoms with Crippen molar-refractivity contribution in [2.24, 2.45) is 0 Å². The van der Waals surface area contributed by atoms with Gasteiger partial charge < -0.3 is 19.7 Å². The first-order valence-electron chi connectivity index (χ1n) is 16.9. The molecule has 1 atom stereocenters. The molecule has 8 nitrogen and oxygen atoms in total. The first kappa shape index (κ1) is 34.4. The van der Waals surface area contributed by atoms with E-state index in [-0.39, 0.29) is 17.6 Å². The van der Waals surface area contributed by atoms with Crippen molar-refractivity contribution < 1.29 is 32.6 Å². The number of nitrogens with zero attached hydrogens (tertiary/aromatic N) is 3. The number of carbonyl (C=O) groups is 2. The maximum Gasteiger partial charge on any atom is 0.416 e. The number of halogens is 3. The van der Waals surface area contributed by atoms with Gasteiger partial charge in [-0.25, -0.2) is 9.78 Å². The van der Waals surface area contributed by atoms with Crippen molar-refractivity contribution in [1.29, 1.82) is 0 Å². The summed E-state index contributed by atoms with van der Waals surface area (Å²) in [6.07, 6.45) is -1.56. The fraction of sp³-hybridized carbons (Fsp3) is 0.195. The van der Waals surface area contributed by atoms with Crippen LogP contribution in [0.1, 0.15) is 52.4 Å². The number of carboxylic acids is 1. The lowest BCUT2D eigenvalue weighted by atomic mass is 9.98. The minimum absolute atomic E-state index is 0.00486.